The number of guanidine groups is 1. The molecule has 5 nitrogen and oxygen atoms in total. The molecule has 0 saturated carbocycles. The molecule has 1 aromatic carbocycles. The fraction of sp³-hybridized carbons (Fsp3) is 0.474. The molecular formula is C19H25F4N5S. The van der Waals surface area contributed by atoms with Crippen molar-refractivity contribution in [2.24, 2.45) is 4.99 Å². The summed E-state index contributed by atoms with van der Waals surface area (Å²) in [4.78, 5) is 9.97. The van der Waals surface area contributed by atoms with Crippen molar-refractivity contribution in [3.05, 3.63) is 51.2 Å². The Morgan fingerprint density at radius 2 is 2.00 bits per heavy atom. The first-order valence-electron chi connectivity index (χ1n) is 9.15. The van der Waals surface area contributed by atoms with Gasteiger partial charge in [0, 0.05) is 37.0 Å². The summed E-state index contributed by atoms with van der Waals surface area (Å²) in [5, 5.41) is 7.61. The number of nitrogens with zero attached hydrogens (tertiary/aromatic N) is 3. The monoisotopic (exact) mass is 431 g/mol. The predicted molar refractivity (Wildman–Crippen MR) is 107 cm³/mol. The quantitative estimate of drug-likeness (QED) is 0.381. The molecule has 2 N–H and O–H groups in total. The Labute approximate surface area is 171 Å². The minimum absolute atomic E-state index is 0.252. The Morgan fingerprint density at radius 1 is 1.24 bits per heavy atom. The molecule has 0 aliphatic carbocycles. The van der Waals surface area contributed by atoms with Crippen LogP contribution in [-0.4, -0.2) is 43.0 Å². The van der Waals surface area contributed by atoms with Crippen LogP contribution in [0.4, 0.5) is 17.6 Å². The Kier molecular flexibility index (Phi) is 8.39. The second-order valence-corrected chi connectivity index (χ2v) is 7.60. The number of aromatic nitrogens is 1. The van der Waals surface area contributed by atoms with E-state index in [4.69, 9.17) is 0 Å². The average Bonchev–Trinajstić information content (AvgIpc) is 3.11. The first kappa shape index (κ1) is 23.1. The summed E-state index contributed by atoms with van der Waals surface area (Å²) in [6.07, 6.45) is -4.06. The van der Waals surface area contributed by atoms with Crippen LogP contribution in [0.15, 0.2) is 28.6 Å². The standard InChI is InChI=1S/C19H25F4N5S/c1-4-24-18(25-8-7-17-27-16(12-29-17)19(21,22)23)26-10-13-5-6-15(20)14(9-13)11-28(2)3/h5-6,9,12H,4,7-8,10-11H2,1-3H3,(H2,24,25,26). The van der Waals surface area contributed by atoms with E-state index in [1.807, 2.05) is 25.9 Å². The van der Waals surface area contributed by atoms with Gasteiger partial charge in [-0.3, -0.25) is 0 Å². The molecule has 10 heteroatoms. The molecule has 0 aliphatic rings. The minimum Gasteiger partial charge on any atom is -0.357 e. The number of thiazole rings is 1. The molecule has 160 valence electrons. The van der Waals surface area contributed by atoms with E-state index in [0.717, 1.165) is 22.3 Å². The van der Waals surface area contributed by atoms with E-state index < -0.39 is 11.9 Å². The topological polar surface area (TPSA) is 52.6 Å². The number of alkyl halides is 3. The molecule has 0 spiro atoms. The molecule has 0 amide bonds. The molecule has 0 aliphatic heterocycles. The number of nitrogens with one attached hydrogen (secondary N) is 2. The molecule has 1 aromatic heterocycles. The number of rotatable bonds is 8. The van der Waals surface area contributed by atoms with Crippen molar-refractivity contribution in [1.29, 1.82) is 0 Å². The van der Waals surface area contributed by atoms with Crippen LogP contribution in [0.2, 0.25) is 0 Å². The molecule has 2 rings (SSSR count). The molecule has 1 heterocycles. The maximum Gasteiger partial charge on any atom is 0.434 e. The highest BCUT2D eigenvalue weighted by Crippen LogP contribution is 2.30. The zero-order chi connectivity index (χ0) is 21.4. The minimum atomic E-state index is -4.42. The molecule has 29 heavy (non-hydrogen) atoms. The van der Waals surface area contributed by atoms with Gasteiger partial charge in [0.05, 0.1) is 11.6 Å². The normalized spacial score (nSPS) is 12.5. The SMILES string of the molecule is CCNC(=NCc1ccc(F)c(CN(C)C)c1)NCCc1nc(C(F)(F)F)cs1. The van der Waals surface area contributed by atoms with Gasteiger partial charge in [0.25, 0.3) is 0 Å². The molecule has 0 unspecified atom stereocenters. The third kappa shape index (κ3) is 7.62. The fourth-order valence-electron chi connectivity index (χ4n) is 2.54. The number of hydrogen-bond donors (Lipinski definition) is 2. The van der Waals surface area contributed by atoms with Gasteiger partial charge in [-0.25, -0.2) is 14.4 Å². The van der Waals surface area contributed by atoms with Gasteiger partial charge in [0.1, 0.15) is 5.82 Å². The Hall–Kier alpha value is -2.20. The van der Waals surface area contributed by atoms with Crippen molar-refractivity contribution in [2.45, 2.75) is 32.6 Å². The fourth-order valence-corrected chi connectivity index (χ4v) is 3.35. The van der Waals surface area contributed by atoms with Crippen molar-refractivity contribution in [3.8, 4) is 0 Å². The van der Waals surface area contributed by atoms with Crippen molar-refractivity contribution >= 4 is 17.3 Å². The maximum absolute atomic E-state index is 13.9. The lowest BCUT2D eigenvalue weighted by molar-refractivity contribution is -0.140. The van der Waals surface area contributed by atoms with Gasteiger partial charge in [-0.05, 0) is 38.7 Å². The van der Waals surface area contributed by atoms with Gasteiger partial charge < -0.3 is 15.5 Å². The molecular weight excluding hydrogens is 406 g/mol. The van der Waals surface area contributed by atoms with Gasteiger partial charge in [-0.2, -0.15) is 13.2 Å². The lowest BCUT2D eigenvalue weighted by Gasteiger charge is -2.13. The second-order valence-electron chi connectivity index (χ2n) is 6.66. The Balaban J connectivity index is 1.95. The highest BCUT2D eigenvalue weighted by molar-refractivity contribution is 7.09. The van der Waals surface area contributed by atoms with Crippen molar-refractivity contribution in [3.63, 3.8) is 0 Å². The van der Waals surface area contributed by atoms with E-state index in [0.29, 0.717) is 49.1 Å². The van der Waals surface area contributed by atoms with Gasteiger partial charge in [0.15, 0.2) is 11.7 Å². The third-order valence-corrected chi connectivity index (χ3v) is 4.74. The first-order chi connectivity index (χ1) is 13.7. The van der Waals surface area contributed by atoms with Crippen molar-refractivity contribution < 1.29 is 17.6 Å². The molecule has 0 radical (unpaired) electrons. The van der Waals surface area contributed by atoms with E-state index >= 15 is 0 Å². The summed E-state index contributed by atoms with van der Waals surface area (Å²) in [7, 11) is 3.75. The molecule has 0 bridgehead atoms. The maximum atomic E-state index is 13.9. The van der Waals surface area contributed by atoms with Crippen LogP contribution in [-0.2, 0) is 25.7 Å². The number of hydrogen-bond acceptors (Lipinski definition) is 4. The number of benzene rings is 1. The summed E-state index contributed by atoms with van der Waals surface area (Å²) in [6, 6.07) is 4.91. The summed E-state index contributed by atoms with van der Waals surface area (Å²) in [6.45, 7) is 3.80. The summed E-state index contributed by atoms with van der Waals surface area (Å²) in [5.41, 5.74) is 0.614. The summed E-state index contributed by atoms with van der Waals surface area (Å²) < 4.78 is 51.7. The van der Waals surface area contributed by atoms with Crippen LogP contribution in [0.5, 0.6) is 0 Å². The van der Waals surface area contributed by atoms with Crippen LogP contribution in [0.25, 0.3) is 0 Å². The van der Waals surface area contributed by atoms with Gasteiger partial charge >= 0.3 is 6.18 Å². The van der Waals surface area contributed by atoms with Crippen LogP contribution in [0.1, 0.15) is 28.8 Å². The average molecular weight is 432 g/mol. The Bertz CT molecular complexity index is 817. The van der Waals surface area contributed by atoms with Crippen LogP contribution < -0.4 is 10.6 Å². The van der Waals surface area contributed by atoms with E-state index in [2.05, 4.69) is 20.6 Å². The smallest absolute Gasteiger partial charge is 0.357 e. The van der Waals surface area contributed by atoms with Crippen LogP contribution in [0.3, 0.4) is 0 Å². The number of aliphatic imine (C=N–C) groups is 1. The highest BCUT2D eigenvalue weighted by atomic mass is 32.1. The van der Waals surface area contributed by atoms with Gasteiger partial charge in [-0.1, -0.05) is 6.07 Å². The van der Waals surface area contributed by atoms with E-state index in [1.165, 1.54) is 6.07 Å². The van der Waals surface area contributed by atoms with Crippen LogP contribution in [0, 0.1) is 5.82 Å². The predicted octanol–water partition coefficient (Wildman–Crippen LogP) is 3.66. The number of halogens is 4. The zero-order valence-corrected chi connectivity index (χ0v) is 17.4. The zero-order valence-electron chi connectivity index (χ0n) is 16.6. The summed E-state index contributed by atoms with van der Waals surface area (Å²) >= 11 is 0.988. The Morgan fingerprint density at radius 3 is 2.62 bits per heavy atom. The molecule has 0 atom stereocenters. The van der Waals surface area contributed by atoms with Crippen molar-refractivity contribution in [1.82, 2.24) is 20.5 Å². The van der Waals surface area contributed by atoms with E-state index in [9.17, 15) is 17.6 Å². The van der Waals surface area contributed by atoms with Gasteiger partial charge in [0.2, 0.25) is 0 Å². The second kappa shape index (κ2) is 10.5. The highest BCUT2D eigenvalue weighted by Gasteiger charge is 2.33. The molecule has 2 aromatic rings. The van der Waals surface area contributed by atoms with E-state index in [-0.39, 0.29) is 5.82 Å². The lowest BCUT2D eigenvalue weighted by Crippen LogP contribution is -2.38. The summed E-state index contributed by atoms with van der Waals surface area (Å²) in [5.74, 6) is 0.289. The van der Waals surface area contributed by atoms with Crippen molar-refractivity contribution in [2.75, 3.05) is 27.2 Å². The lowest BCUT2D eigenvalue weighted by atomic mass is 10.1. The van der Waals surface area contributed by atoms with Gasteiger partial charge in [-0.15, -0.1) is 11.3 Å². The van der Waals surface area contributed by atoms with Crippen LogP contribution >= 0.6 is 11.3 Å². The third-order valence-electron chi connectivity index (χ3n) is 3.83. The largest absolute Gasteiger partial charge is 0.434 e. The van der Waals surface area contributed by atoms with E-state index in [1.54, 1.807) is 12.1 Å². The molecule has 0 saturated heterocycles. The first-order valence-corrected chi connectivity index (χ1v) is 10.0. The molecule has 0 fully saturated rings.